The maximum Gasteiger partial charge on any atom is 0.223 e. The van der Waals surface area contributed by atoms with Crippen LogP contribution in [0.5, 0.6) is 0 Å². The van der Waals surface area contributed by atoms with Gasteiger partial charge >= 0.3 is 0 Å². The van der Waals surface area contributed by atoms with E-state index in [4.69, 9.17) is 4.74 Å². The minimum absolute atomic E-state index is 0.0589. The third kappa shape index (κ3) is 3.94. The fourth-order valence-electron chi connectivity index (χ4n) is 3.01. The summed E-state index contributed by atoms with van der Waals surface area (Å²) in [5.41, 5.74) is 1.86. The Hall–Kier alpha value is -1.49. The quantitative estimate of drug-likeness (QED) is 0.633. The molecule has 0 bridgehead atoms. The maximum absolute atomic E-state index is 12.3. The molecule has 3 unspecified atom stereocenters. The van der Waals surface area contributed by atoms with Crippen molar-refractivity contribution in [1.82, 2.24) is 9.80 Å². The van der Waals surface area contributed by atoms with E-state index in [-0.39, 0.29) is 24.0 Å². The fourth-order valence-corrected chi connectivity index (χ4v) is 3.46. The molecule has 0 spiro atoms. The summed E-state index contributed by atoms with van der Waals surface area (Å²) in [7, 11) is 0. The Kier molecular flexibility index (Phi) is 5.97. The molecule has 0 radical (unpaired) electrons. The Labute approximate surface area is 153 Å². The first-order chi connectivity index (χ1) is 11.2. The third-order valence-corrected chi connectivity index (χ3v) is 5.30. The van der Waals surface area contributed by atoms with Crippen molar-refractivity contribution in [2.75, 3.05) is 13.1 Å². The Morgan fingerprint density at radius 2 is 2.17 bits per heavy atom. The van der Waals surface area contributed by atoms with Crippen LogP contribution < -0.4 is 0 Å². The second kappa shape index (κ2) is 7.60. The molecule has 3 atom stereocenters. The van der Waals surface area contributed by atoms with Gasteiger partial charge in [0, 0.05) is 42.2 Å². The number of ether oxygens (including phenoxy) is 1. The van der Waals surface area contributed by atoms with Crippen LogP contribution >= 0.6 is 15.9 Å². The lowest BCUT2D eigenvalue weighted by molar-refractivity contribution is -0.128. The number of carbonyl (C=O) groups excluding carboxylic acids is 1. The fraction of sp³-hybridized carbons (Fsp3) is 0.526. The number of nitrogens with zero attached hydrogens (tertiary/aromatic N) is 2. The van der Waals surface area contributed by atoms with Crippen LogP contribution in [0, 0.1) is 5.92 Å². The van der Waals surface area contributed by atoms with Crippen LogP contribution in [-0.2, 0) is 9.53 Å². The number of rotatable bonds is 6. The first-order valence-corrected chi connectivity index (χ1v) is 9.20. The molecule has 0 aromatic carbocycles. The highest BCUT2D eigenvalue weighted by Gasteiger charge is 2.37. The molecular formula is C19H27BrN2O2. The van der Waals surface area contributed by atoms with Gasteiger partial charge in [-0.2, -0.15) is 0 Å². The second-order valence-corrected chi connectivity index (χ2v) is 7.53. The molecule has 1 amide bonds. The predicted octanol–water partition coefficient (Wildman–Crippen LogP) is 4.17. The average molecular weight is 395 g/mol. The van der Waals surface area contributed by atoms with Gasteiger partial charge in [0.25, 0.3) is 0 Å². The summed E-state index contributed by atoms with van der Waals surface area (Å²) in [6.07, 6.45) is 4.40. The molecule has 1 fully saturated rings. The number of hydrogen-bond donors (Lipinski definition) is 0. The van der Waals surface area contributed by atoms with Gasteiger partial charge in [0.1, 0.15) is 11.9 Å². The highest BCUT2D eigenvalue weighted by molar-refractivity contribution is 9.11. The number of likely N-dealkylation sites (N-methyl/N-ethyl adjacent to an activating group) is 1. The van der Waals surface area contributed by atoms with Gasteiger partial charge in [-0.1, -0.05) is 18.7 Å². The van der Waals surface area contributed by atoms with Gasteiger partial charge in [0.15, 0.2) is 0 Å². The summed E-state index contributed by atoms with van der Waals surface area (Å²) in [6.45, 7) is 17.7. The van der Waals surface area contributed by atoms with Gasteiger partial charge in [-0.15, -0.1) is 0 Å². The van der Waals surface area contributed by atoms with Crippen LogP contribution in [-0.4, -0.2) is 40.9 Å². The summed E-state index contributed by atoms with van der Waals surface area (Å²) in [6, 6.07) is 0.0752. The number of likely N-dealkylation sites (tertiary alicyclic amines) is 1. The number of hydrogen-bond acceptors (Lipinski definition) is 3. The summed E-state index contributed by atoms with van der Waals surface area (Å²) in [5, 5.41) is 0. The number of allylic oxidation sites excluding steroid dienone is 2. The predicted molar refractivity (Wildman–Crippen MR) is 101 cm³/mol. The standard InChI is InChI=1S/C19H27BrN2O2/c1-7-21-11-17(20)9-18(14(21)5)24-15(6)16-8-19(23)22(10-16)13(4)12(2)3/h9,11,13,15-16H,2,5,7-8,10H2,1,3-4,6H3. The Morgan fingerprint density at radius 1 is 1.50 bits per heavy atom. The summed E-state index contributed by atoms with van der Waals surface area (Å²) < 4.78 is 7.13. The van der Waals surface area contributed by atoms with Crippen LogP contribution in [0.4, 0.5) is 0 Å². The summed E-state index contributed by atoms with van der Waals surface area (Å²) in [5.74, 6) is 1.11. The van der Waals surface area contributed by atoms with Crippen molar-refractivity contribution in [3.8, 4) is 0 Å². The zero-order valence-electron chi connectivity index (χ0n) is 15.0. The zero-order chi connectivity index (χ0) is 18.0. The molecule has 132 valence electrons. The maximum atomic E-state index is 12.3. The van der Waals surface area contributed by atoms with Crippen molar-refractivity contribution in [3.05, 3.63) is 46.9 Å². The largest absolute Gasteiger partial charge is 0.488 e. The molecule has 0 aromatic heterocycles. The monoisotopic (exact) mass is 394 g/mol. The van der Waals surface area contributed by atoms with Crippen molar-refractivity contribution in [1.29, 1.82) is 0 Å². The van der Waals surface area contributed by atoms with E-state index in [1.807, 2.05) is 42.8 Å². The molecule has 0 N–H and O–H groups in total. The third-order valence-electron chi connectivity index (χ3n) is 4.87. The lowest BCUT2D eigenvalue weighted by Gasteiger charge is -2.30. The van der Waals surface area contributed by atoms with E-state index in [2.05, 4.69) is 36.0 Å². The minimum Gasteiger partial charge on any atom is -0.488 e. The molecule has 0 saturated carbocycles. The normalized spacial score (nSPS) is 23.8. The van der Waals surface area contributed by atoms with Crippen LogP contribution in [0.1, 0.15) is 34.1 Å². The molecule has 2 rings (SSSR count). The minimum atomic E-state index is -0.0589. The van der Waals surface area contributed by atoms with Crippen LogP contribution in [0.3, 0.4) is 0 Å². The van der Waals surface area contributed by atoms with Crippen molar-refractivity contribution in [2.45, 2.75) is 46.3 Å². The topological polar surface area (TPSA) is 32.8 Å². The average Bonchev–Trinajstić information content (AvgIpc) is 2.91. The molecule has 2 aliphatic rings. The van der Waals surface area contributed by atoms with Crippen molar-refractivity contribution >= 4 is 21.8 Å². The summed E-state index contributed by atoms with van der Waals surface area (Å²) >= 11 is 3.51. The van der Waals surface area contributed by atoms with Crippen molar-refractivity contribution in [2.24, 2.45) is 5.92 Å². The van der Waals surface area contributed by atoms with E-state index in [0.717, 1.165) is 28.1 Å². The number of amides is 1. The van der Waals surface area contributed by atoms with Crippen LogP contribution in [0.15, 0.2) is 46.9 Å². The van der Waals surface area contributed by atoms with Gasteiger partial charge in [-0.3, -0.25) is 4.79 Å². The van der Waals surface area contributed by atoms with Crippen molar-refractivity contribution < 1.29 is 9.53 Å². The van der Waals surface area contributed by atoms with Gasteiger partial charge in [-0.25, -0.2) is 0 Å². The van der Waals surface area contributed by atoms with Gasteiger partial charge < -0.3 is 14.5 Å². The van der Waals surface area contributed by atoms with E-state index in [0.29, 0.717) is 13.0 Å². The highest BCUT2D eigenvalue weighted by Crippen LogP contribution is 2.31. The van der Waals surface area contributed by atoms with Crippen molar-refractivity contribution in [3.63, 3.8) is 0 Å². The van der Waals surface area contributed by atoms with Crippen LogP contribution in [0.25, 0.3) is 0 Å². The first kappa shape index (κ1) is 18.8. The highest BCUT2D eigenvalue weighted by atomic mass is 79.9. The molecule has 5 heteroatoms. The van der Waals surface area contributed by atoms with E-state index >= 15 is 0 Å². The Balaban J connectivity index is 2.04. The molecule has 2 aliphatic heterocycles. The molecule has 24 heavy (non-hydrogen) atoms. The number of carbonyl (C=O) groups is 1. The van der Waals surface area contributed by atoms with E-state index in [1.54, 1.807) is 0 Å². The molecule has 1 saturated heterocycles. The molecule has 2 heterocycles. The molecule has 0 aromatic rings. The van der Waals surface area contributed by atoms with E-state index in [1.165, 1.54) is 0 Å². The van der Waals surface area contributed by atoms with Gasteiger partial charge in [0.2, 0.25) is 5.91 Å². The lowest BCUT2D eigenvalue weighted by atomic mass is 10.0. The zero-order valence-corrected chi connectivity index (χ0v) is 16.6. The number of halogens is 1. The SMILES string of the molecule is C=C(C)C(C)N1CC(C(C)OC2=CC(Br)=CN(CC)C2=C)CC1=O. The van der Waals surface area contributed by atoms with Crippen LogP contribution in [0.2, 0.25) is 0 Å². The molecular weight excluding hydrogens is 368 g/mol. The molecule has 4 nitrogen and oxygen atoms in total. The smallest absolute Gasteiger partial charge is 0.223 e. The Bertz CT molecular complexity index is 608. The van der Waals surface area contributed by atoms with E-state index in [9.17, 15) is 4.79 Å². The summed E-state index contributed by atoms with van der Waals surface area (Å²) in [4.78, 5) is 16.3. The van der Waals surface area contributed by atoms with E-state index < -0.39 is 0 Å². The van der Waals surface area contributed by atoms with Gasteiger partial charge in [0.05, 0.1) is 5.70 Å². The Morgan fingerprint density at radius 3 is 2.75 bits per heavy atom. The van der Waals surface area contributed by atoms with Gasteiger partial charge in [-0.05, 0) is 49.7 Å². The second-order valence-electron chi connectivity index (χ2n) is 6.61. The molecule has 0 aliphatic carbocycles. The lowest BCUT2D eigenvalue weighted by Crippen LogP contribution is -2.36. The first-order valence-electron chi connectivity index (χ1n) is 8.41.